The molecule has 1 unspecified atom stereocenters. The van der Waals surface area contributed by atoms with Gasteiger partial charge in [0.15, 0.2) is 11.5 Å². The normalized spacial score (nSPS) is 24.2. The summed E-state index contributed by atoms with van der Waals surface area (Å²) in [5, 5.41) is 0. The lowest BCUT2D eigenvalue weighted by atomic mass is 9.93. The van der Waals surface area contributed by atoms with E-state index in [9.17, 15) is 0 Å². The molecule has 1 aromatic rings. The fourth-order valence-electron chi connectivity index (χ4n) is 2.74. The smallest absolute Gasteiger partial charge is 0.161 e. The molecule has 0 aromatic heterocycles. The summed E-state index contributed by atoms with van der Waals surface area (Å²) >= 11 is 0. The third kappa shape index (κ3) is 3.44. The highest BCUT2D eigenvalue weighted by Crippen LogP contribution is 2.32. The van der Waals surface area contributed by atoms with Crippen LogP contribution < -0.4 is 15.2 Å². The van der Waals surface area contributed by atoms with Crippen molar-refractivity contribution in [2.45, 2.75) is 50.9 Å². The first kappa shape index (κ1) is 15.1. The molecule has 1 aliphatic carbocycles. The Kier molecular flexibility index (Phi) is 5.26. The largest absolute Gasteiger partial charge is 0.493 e. The number of hydrogen-bond acceptors (Lipinski definition) is 4. The second-order valence-corrected chi connectivity index (χ2v) is 5.38. The molecule has 0 heterocycles. The van der Waals surface area contributed by atoms with Crippen molar-refractivity contribution >= 4 is 0 Å². The molecule has 0 radical (unpaired) electrons. The minimum Gasteiger partial charge on any atom is -0.493 e. The van der Waals surface area contributed by atoms with E-state index in [2.05, 4.69) is 6.92 Å². The summed E-state index contributed by atoms with van der Waals surface area (Å²) in [6.45, 7) is 2.06. The molecule has 0 aliphatic heterocycles. The lowest BCUT2D eigenvalue weighted by molar-refractivity contribution is -0.0328. The third-order valence-corrected chi connectivity index (χ3v) is 4.01. The molecule has 0 bridgehead atoms. The Morgan fingerprint density at radius 3 is 2.45 bits per heavy atom. The molecule has 2 rings (SSSR count). The van der Waals surface area contributed by atoms with E-state index in [0.29, 0.717) is 0 Å². The Morgan fingerprint density at radius 1 is 1.10 bits per heavy atom. The Balaban J connectivity index is 2.06. The quantitative estimate of drug-likeness (QED) is 0.900. The summed E-state index contributed by atoms with van der Waals surface area (Å²) in [5.74, 6) is 1.46. The zero-order valence-electron chi connectivity index (χ0n) is 12.6. The molecule has 1 aliphatic rings. The van der Waals surface area contributed by atoms with Crippen molar-refractivity contribution in [3.05, 3.63) is 23.8 Å². The fraction of sp³-hybridized carbons (Fsp3) is 0.625. The summed E-state index contributed by atoms with van der Waals surface area (Å²) in [5.41, 5.74) is 7.22. The van der Waals surface area contributed by atoms with Crippen molar-refractivity contribution in [1.29, 1.82) is 0 Å². The molecule has 20 heavy (non-hydrogen) atoms. The monoisotopic (exact) mass is 279 g/mol. The molecule has 4 nitrogen and oxygen atoms in total. The molecule has 1 fully saturated rings. The predicted molar refractivity (Wildman–Crippen MR) is 79.3 cm³/mol. The molecular formula is C16H25NO3. The van der Waals surface area contributed by atoms with Gasteiger partial charge in [-0.05, 0) is 37.5 Å². The van der Waals surface area contributed by atoms with Gasteiger partial charge in [0.05, 0.1) is 26.4 Å². The molecule has 3 atom stereocenters. The Morgan fingerprint density at radius 2 is 1.80 bits per heavy atom. The Labute approximate surface area is 121 Å². The topological polar surface area (TPSA) is 53.7 Å². The van der Waals surface area contributed by atoms with Gasteiger partial charge in [0, 0.05) is 6.04 Å². The van der Waals surface area contributed by atoms with E-state index in [0.717, 1.165) is 29.9 Å². The Bertz CT molecular complexity index is 436. The first-order valence-electron chi connectivity index (χ1n) is 7.28. The molecule has 1 saturated carbocycles. The van der Waals surface area contributed by atoms with Gasteiger partial charge in [-0.3, -0.25) is 0 Å². The van der Waals surface area contributed by atoms with Crippen molar-refractivity contribution in [3.63, 3.8) is 0 Å². The van der Waals surface area contributed by atoms with Crippen LogP contribution in [-0.4, -0.2) is 26.4 Å². The molecule has 4 heteroatoms. The maximum atomic E-state index is 6.14. The molecular weight excluding hydrogens is 254 g/mol. The van der Waals surface area contributed by atoms with E-state index in [4.69, 9.17) is 19.9 Å². The lowest BCUT2D eigenvalue weighted by Crippen LogP contribution is -2.39. The summed E-state index contributed by atoms with van der Waals surface area (Å²) < 4.78 is 16.7. The summed E-state index contributed by atoms with van der Waals surface area (Å²) in [7, 11) is 3.28. The van der Waals surface area contributed by atoms with E-state index in [-0.39, 0.29) is 18.2 Å². The third-order valence-electron chi connectivity index (χ3n) is 4.01. The summed E-state index contributed by atoms with van der Waals surface area (Å²) in [6, 6.07) is 6.05. The SMILES string of the molecule is COc1ccc(C(C)O[C@@H]2CCCC[C@H]2N)cc1OC. The highest BCUT2D eigenvalue weighted by atomic mass is 16.5. The van der Waals surface area contributed by atoms with E-state index in [1.807, 2.05) is 18.2 Å². The molecule has 2 N–H and O–H groups in total. The van der Waals surface area contributed by atoms with E-state index >= 15 is 0 Å². The lowest BCUT2D eigenvalue weighted by Gasteiger charge is -2.31. The number of benzene rings is 1. The van der Waals surface area contributed by atoms with E-state index in [1.54, 1.807) is 14.2 Å². The van der Waals surface area contributed by atoms with Crippen LogP contribution in [0.2, 0.25) is 0 Å². The minimum absolute atomic E-state index is 0.00366. The van der Waals surface area contributed by atoms with Gasteiger partial charge in [-0.1, -0.05) is 18.9 Å². The Hall–Kier alpha value is -1.26. The average molecular weight is 279 g/mol. The fourth-order valence-corrected chi connectivity index (χ4v) is 2.74. The molecule has 0 spiro atoms. The molecule has 0 amide bonds. The molecule has 0 saturated heterocycles. The van der Waals surface area contributed by atoms with E-state index < -0.39 is 0 Å². The van der Waals surface area contributed by atoms with Crippen LogP contribution in [0.3, 0.4) is 0 Å². The standard InChI is InChI=1S/C16H25NO3/c1-11(20-14-7-5-4-6-13(14)17)12-8-9-15(18-2)16(10-12)19-3/h8-11,13-14H,4-7,17H2,1-3H3/t11?,13-,14-/m1/s1. The average Bonchev–Trinajstić information content (AvgIpc) is 2.48. The number of hydrogen-bond donors (Lipinski definition) is 1. The predicted octanol–water partition coefficient (Wildman–Crippen LogP) is 3.05. The maximum Gasteiger partial charge on any atom is 0.161 e. The van der Waals surface area contributed by atoms with Gasteiger partial charge in [0.2, 0.25) is 0 Å². The van der Waals surface area contributed by atoms with Crippen LogP contribution in [0, 0.1) is 0 Å². The van der Waals surface area contributed by atoms with Crippen molar-refractivity contribution in [2.24, 2.45) is 5.73 Å². The first-order valence-corrected chi connectivity index (χ1v) is 7.28. The van der Waals surface area contributed by atoms with Crippen LogP contribution in [-0.2, 0) is 4.74 Å². The van der Waals surface area contributed by atoms with Gasteiger partial charge in [0.25, 0.3) is 0 Å². The van der Waals surface area contributed by atoms with Gasteiger partial charge < -0.3 is 19.9 Å². The summed E-state index contributed by atoms with van der Waals surface area (Å²) in [4.78, 5) is 0. The van der Waals surface area contributed by atoms with Gasteiger partial charge >= 0.3 is 0 Å². The molecule has 1 aromatic carbocycles. The van der Waals surface area contributed by atoms with Crippen LogP contribution in [0.5, 0.6) is 11.5 Å². The van der Waals surface area contributed by atoms with Crippen LogP contribution in [0.4, 0.5) is 0 Å². The van der Waals surface area contributed by atoms with Crippen LogP contribution >= 0.6 is 0 Å². The maximum absolute atomic E-state index is 6.14. The van der Waals surface area contributed by atoms with Crippen molar-refractivity contribution < 1.29 is 14.2 Å². The van der Waals surface area contributed by atoms with Crippen LogP contribution in [0.25, 0.3) is 0 Å². The number of nitrogens with two attached hydrogens (primary N) is 1. The van der Waals surface area contributed by atoms with Crippen molar-refractivity contribution in [3.8, 4) is 11.5 Å². The van der Waals surface area contributed by atoms with Crippen molar-refractivity contribution in [2.75, 3.05) is 14.2 Å². The zero-order valence-corrected chi connectivity index (χ0v) is 12.6. The van der Waals surface area contributed by atoms with Gasteiger partial charge in [-0.2, -0.15) is 0 Å². The van der Waals surface area contributed by atoms with Crippen LogP contribution in [0.15, 0.2) is 18.2 Å². The second kappa shape index (κ2) is 6.95. The zero-order chi connectivity index (χ0) is 14.5. The first-order chi connectivity index (χ1) is 9.65. The van der Waals surface area contributed by atoms with Crippen molar-refractivity contribution in [1.82, 2.24) is 0 Å². The number of rotatable bonds is 5. The number of ether oxygens (including phenoxy) is 3. The second-order valence-electron chi connectivity index (χ2n) is 5.38. The van der Waals surface area contributed by atoms with Gasteiger partial charge in [-0.15, -0.1) is 0 Å². The molecule has 112 valence electrons. The highest BCUT2D eigenvalue weighted by molar-refractivity contribution is 5.43. The number of methoxy groups -OCH3 is 2. The van der Waals surface area contributed by atoms with Gasteiger partial charge in [0.1, 0.15) is 0 Å². The van der Waals surface area contributed by atoms with E-state index in [1.165, 1.54) is 12.8 Å². The minimum atomic E-state index is 0.00366. The van der Waals surface area contributed by atoms with Gasteiger partial charge in [-0.25, -0.2) is 0 Å². The summed E-state index contributed by atoms with van der Waals surface area (Å²) in [6.07, 6.45) is 4.70. The highest BCUT2D eigenvalue weighted by Gasteiger charge is 2.25. The van der Waals surface area contributed by atoms with Crippen LogP contribution in [0.1, 0.15) is 44.3 Å².